The van der Waals surface area contributed by atoms with Crippen LogP contribution in [-0.2, 0) is 21.4 Å². The maximum absolute atomic E-state index is 12.6. The van der Waals surface area contributed by atoms with Gasteiger partial charge in [0.15, 0.2) is 6.10 Å². The Kier molecular flexibility index (Phi) is 4.56. The van der Waals surface area contributed by atoms with Gasteiger partial charge in [0.1, 0.15) is 10.8 Å². The van der Waals surface area contributed by atoms with Gasteiger partial charge < -0.3 is 14.8 Å². The van der Waals surface area contributed by atoms with Crippen LogP contribution in [0.4, 0.5) is 5.00 Å². The summed E-state index contributed by atoms with van der Waals surface area (Å²) in [6.07, 6.45) is -0.0735. The van der Waals surface area contributed by atoms with Crippen LogP contribution in [-0.4, -0.2) is 25.1 Å². The molecule has 1 atom stereocenters. The van der Waals surface area contributed by atoms with Crippen LogP contribution in [0.15, 0.2) is 30.3 Å². The van der Waals surface area contributed by atoms with E-state index in [0.717, 1.165) is 16.2 Å². The first-order chi connectivity index (χ1) is 11.8. The molecular formula is C19H21NO4S. The van der Waals surface area contributed by atoms with Gasteiger partial charge in [-0.2, -0.15) is 0 Å². The van der Waals surface area contributed by atoms with Gasteiger partial charge in [0, 0.05) is 11.3 Å². The highest BCUT2D eigenvalue weighted by Crippen LogP contribution is 2.37. The smallest absolute Gasteiger partial charge is 0.340 e. The van der Waals surface area contributed by atoms with Gasteiger partial charge in [0.2, 0.25) is 0 Å². The Morgan fingerprint density at radius 3 is 2.64 bits per heavy atom. The molecule has 0 spiro atoms. The quantitative estimate of drug-likeness (QED) is 0.847. The van der Waals surface area contributed by atoms with E-state index >= 15 is 0 Å². The van der Waals surface area contributed by atoms with Crippen LogP contribution in [0.5, 0.6) is 5.75 Å². The summed E-state index contributed by atoms with van der Waals surface area (Å²) in [6.45, 7) is 6.17. The zero-order valence-corrected chi connectivity index (χ0v) is 15.5. The fourth-order valence-corrected chi connectivity index (χ4v) is 3.74. The van der Waals surface area contributed by atoms with E-state index in [2.05, 4.69) is 26.1 Å². The van der Waals surface area contributed by atoms with Crippen LogP contribution in [0.1, 0.15) is 41.6 Å². The molecule has 6 heteroatoms. The Labute approximate surface area is 151 Å². The van der Waals surface area contributed by atoms with Crippen molar-refractivity contribution in [1.29, 1.82) is 0 Å². The van der Waals surface area contributed by atoms with Crippen LogP contribution in [0.2, 0.25) is 0 Å². The molecule has 2 aromatic rings. The zero-order chi connectivity index (χ0) is 18.2. The largest absolute Gasteiger partial charge is 0.480 e. The monoisotopic (exact) mass is 359 g/mol. The van der Waals surface area contributed by atoms with Crippen molar-refractivity contribution in [2.75, 3.05) is 12.4 Å². The summed E-state index contributed by atoms with van der Waals surface area (Å²) in [5, 5.41) is 3.35. The molecule has 132 valence electrons. The number of methoxy groups -OCH3 is 1. The molecule has 1 aromatic heterocycles. The van der Waals surface area contributed by atoms with E-state index in [9.17, 15) is 9.59 Å². The molecular weight excluding hydrogens is 338 g/mol. The first kappa shape index (κ1) is 17.5. The van der Waals surface area contributed by atoms with E-state index in [1.807, 2.05) is 24.3 Å². The number of fused-ring (bicyclic) bond motifs is 1. The fourth-order valence-electron chi connectivity index (χ4n) is 2.64. The van der Waals surface area contributed by atoms with Gasteiger partial charge in [-0.1, -0.05) is 39.0 Å². The normalized spacial score (nSPS) is 16.1. The van der Waals surface area contributed by atoms with Gasteiger partial charge in [0.25, 0.3) is 5.91 Å². The molecule has 0 saturated heterocycles. The zero-order valence-electron chi connectivity index (χ0n) is 14.7. The molecule has 1 aliphatic rings. The molecule has 2 heterocycles. The van der Waals surface area contributed by atoms with E-state index in [0.29, 0.717) is 17.0 Å². The summed E-state index contributed by atoms with van der Waals surface area (Å²) in [6, 6.07) is 9.39. The maximum Gasteiger partial charge on any atom is 0.340 e. The van der Waals surface area contributed by atoms with E-state index in [1.54, 1.807) is 6.07 Å². The third kappa shape index (κ3) is 3.54. The van der Waals surface area contributed by atoms with E-state index in [4.69, 9.17) is 9.47 Å². The number of ether oxygens (including phenoxy) is 2. The predicted octanol–water partition coefficient (Wildman–Crippen LogP) is 3.77. The predicted molar refractivity (Wildman–Crippen MR) is 97.6 cm³/mol. The van der Waals surface area contributed by atoms with Gasteiger partial charge in [-0.25, -0.2) is 4.79 Å². The van der Waals surface area contributed by atoms with Gasteiger partial charge in [-0.15, -0.1) is 11.3 Å². The second kappa shape index (κ2) is 6.52. The van der Waals surface area contributed by atoms with Crippen LogP contribution in [0, 0.1) is 0 Å². The second-order valence-corrected chi connectivity index (χ2v) is 8.05. The molecule has 0 radical (unpaired) electrons. The number of amides is 1. The lowest BCUT2D eigenvalue weighted by Crippen LogP contribution is -2.31. The molecule has 0 fully saturated rings. The molecule has 1 aliphatic heterocycles. The SMILES string of the molecule is COC(=O)c1cc(C(C)(C)C)sc1NC(=O)C1Cc2ccccc2O1. The van der Waals surface area contributed by atoms with Crippen molar-refractivity contribution in [3.63, 3.8) is 0 Å². The maximum atomic E-state index is 12.6. The number of para-hydroxylation sites is 1. The van der Waals surface area contributed by atoms with Crippen LogP contribution < -0.4 is 10.1 Å². The van der Waals surface area contributed by atoms with Crippen LogP contribution in [0.3, 0.4) is 0 Å². The lowest BCUT2D eigenvalue weighted by Gasteiger charge is -2.15. The highest BCUT2D eigenvalue weighted by molar-refractivity contribution is 7.16. The summed E-state index contributed by atoms with van der Waals surface area (Å²) >= 11 is 1.39. The number of nitrogens with one attached hydrogen (secondary N) is 1. The third-order valence-electron chi connectivity index (χ3n) is 4.05. The average Bonchev–Trinajstić information content (AvgIpc) is 3.17. The number of hydrogen-bond acceptors (Lipinski definition) is 5. The van der Waals surface area contributed by atoms with Gasteiger partial charge in [-0.3, -0.25) is 4.79 Å². The highest BCUT2D eigenvalue weighted by atomic mass is 32.1. The van der Waals surface area contributed by atoms with E-state index in [-0.39, 0.29) is 11.3 Å². The molecule has 0 aliphatic carbocycles. The Bertz CT molecular complexity index is 794. The van der Waals surface area contributed by atoms with Crippen molar-refractivity contribution in [2.24, 2.45) is 0 Å². The van der Waals surface area contributed by atoms with Crippen molar-refractivity contribution in [3.8, 4) is 5.75 Å². The summed E-state index contributed by atoms with van der Waals surface area (Å²) in [4.78, 5) is 25.7. The average molecular weight is 359 g/mol. The minimum Gasteiger partial charge on any atom is -0.480 e. The van der Waals surface area contributed by atoms with Gasteiger partial charge in [-0.05, 0) is 23.1 Å². The van der Waals surface area contributed by atoms with Crippen LogP contribution >= 0.6 is 11.3 Å². The van der Waals surface area contributed by atoms with Crippen molar-refractivity contribution >= 4 is 28.2 Å². The van der Waals surface area contributed by atoms with Crippen molar-refractivity contribution in [1.82, 2.24) is 0 Å². The molecule has 1 aromatic carbocycles. The summed E-state index contributed by atoms with van der Waals surface area (Å²) in [5.74, 6) is 0.0127. The molecule has 0 saturated carbocycles. The molecule has 1 unspecified atom stereocenters. The summed E-state index contributed by atoms with van der Waals surface area (Å²) in [7, 11) is 1.33. The second-order valence-electron chi connectivity index (χ2n) is 7.00. The Morgan fingerprint density at radius 2 is 2.00 bits per heavy atom. The Balaban J connectivity index is 1.81. The minimum absolute atomic E-state index is 0.128. The number of anilines is 1. The number of carbonyl (C=O) groups is 2. The topological polar surface area (TPSA) is 64.6 Å². The number of rotatable bonds is 3. The number of hydrogen-bond donors (Lipinski definition) is 1. The lowest BCUT2D eigenvalue weighted by molar-refractivity contribution is -0.122. The van der Waals surface area contributed by atoms with Crippen molar-refractivity contribution in [3.05, 3.63) is 46.3 Å². The molecule has 5 nitrogen and oxygen atoms in total. The summed E-state index contributed by atoms with van der Waals surface area (Å²) < 4.78 is 10.6. The molecule has 1 N–H and O–H groups in total. The van der Waals surface area contributed by atoms with E-state index < -0.39 is 12.1 Å². The van der Waals surface area contributed by atoms with Crippen LogP contribution in [0.25, 0.3) is 0 Å². The Morgan fingerprint density at radius 1 is 1.28 bits per heavy atom. The molecule has 0 bridgehead atoms. The number of thiophene rings is 1. The highest BCUT2D eigenvalue weighted by Gasteiger charge is 2.31. The lowest BCUT2D eigenvalue weighted by atomic mass is 9.94. The standard InChI is InChI=1S/C19H21NO4S/c1-19(2,3)15-10-12(18(22)23-4)17(25-15)20-16(21)14-9-11-7-5-6-8-13(11)24-14/h5-8,10,14H,9H2,1-4H3,(H,20,21). The van der Waals surface area contributed by atoms with E-state index in [1.165, 1.54) is 18.4 Å². The first-order valence-corrected chi connectivity index (χ1v) is 8.89. The van der Waals surface area contributed by atoms with Gasteiger partial charge in [0.05, 0.1) is 12.7 Å². The third-order valence-corrected chi connectivity index (χ3v) is 5.53. The number of carbonyl (C=O) groups excluding carboxylic acids is 2. The first-order valence-electron chi connectivity index (χ1n) is 8.07. The molecule has 3 rings (SSSR count). The molecule has 1 amide bonds. The van der Waals surface area contributed by atoms with Crippen molar-refractivity contribution < 1.29 is 19.1 Å². The number of esters is 1. The number of benzene rings is 1. The van der Waals surface area contributed by atoms with Crippen molar-refractivity contribution in [2.45, 2.75) is 38.7 Å². The van der Waals surface area contributed by atoms with Gasteiger partial charge >= 0.3 is 5.97 Å². The Hall–Kier alpha value is -2.34. The molecule has 25 heavy (non-hydrogen) atoms. The summed E-state index contributed by atoms with van der Waals surface area (Å²) in [5.41, 5.74) is 1.26. The minimum atomic E-state index is -0.594. The fraction of sp³-hybridized carbons (Fsp3) is 0.368.